The van der Waals surface area contributed by atoms with Crippen molar-refractivity contribution < 1.29 is 0 Å². The lowest BCUT2D eigenvalue weighted by Gasteiger charge is -2.42. The zero-order valence-corrected chi connectivity index (χ0v) is 16.2. The van der Waals surface area contributed by atoms with Gasteiger partial charge in [0.05, 0.1) is 0 Å². The van der Waals surface area contributed by atoms with Crippen LogP contribution >= 0.6 is 23.2 Å². The number of nitrogens with one attached hydrogen (secondary N) is 2. The minimum atomic E-state index is 0.642. The lowest BCUT2D eigenvalue weighted by atomic mass is 9.80. The van der Waals surface area contributed by atoms with Crippen LogP contribution in [0.1, 0.15) is 29.0 Å². The SMILES string of the molecule is Clc1cccc(Cl)c1CNc1cc2c3c(c1)[C@H]1CNC[C@H]1CN3CCC2. The Morgan fingerprint density at radius 3 is 2.85 bits per heavy atom. The highest BCUT2D eigenvalue weighted by Crippen LogP contribution is 2.45. The number of rotatable bonds is 3. The summed E-state index contributed by atoms with van der Waals surface area (Å²) < 4.78 is 0. The van der Waals surface area contributed by atoms with Gasteiger partial charge in [-0.25, -0.2) is 0 Å². The average Bonchev–Trinajstić information content (AvgIpc) is 3.10. The minimum Gasteiger partial charge on any atom is -0.381 e. The molecule has 2 aromatic carbocycles. The maximum absolute atomic E-state index is 6.33. The number of hydrogen-bond donors (Lipinski definition) is 2. The Bertz CT molecular complexity index is 831. The highest BCUT2D eigenvalue weighted by molar-refractivity contribution is 6.36. The van der Waals surface area contributed by atoms with E-state index in [0.717, 1.165) is 34.6 Å². The molecule has 1 saturated heterocycles. The molecule has 2 atom stereocenters. The molecule has 5 heteroatoms. The van der Waals surface area contributed by atoms with Crippen LogP contribution in [0.15, 0.2) is 30.3 Å². The molecule has 3 aliphatic heterocycles. The van der Waals surface area contributed by atoms with Crippen molar-refractivity contribution in [1.82, 2.24) is 5.32 Å². The lowest BCUT2D eigenvalue weighted by Crippen LogP contribution is -2.41. The number of fused-ring (bicyclic) bond motifs is 2. The second-order valence-corrected chi connectivity index (χ2v) is 8.52. The summed E-state index contributed by atoms with van der Waals surface area (Å²) in [5.41, 5.74) is 6.68. The number of hydrogen-bond acceptors (Lipinski definition) is 3. The van der Waals surface area contributed by atoms with Crippen molar-refractivity contribution in [2.24, 2.45) is 5.92 Å². The van der Waals surface area contributed by atoms with Gasteiger partial charge in [0.1, 0.15) is 0 Å². The first kappa shape index (κ1) is 16.7. The molecule has 2 aromatic rings. The molecule has 0 aliphatic carbocycles. The number of nitrogens with zero attached hydrogens (tertiary/aromatic N) is 1. The van der Waals surface area contributed by atoms with Crippen LogP contribution in [0.25, 0.3) is 0 Å². The Hall–Kier alpha value is -1.42. The number of aryl methyl sites for hydroxylation is 1. The molecule has 2 N–H and O–H groups in total. The Labute approximate surface area is 164 Å². The second kappa shape index (κ2) is 6.63. The van der Waals surface area contributed by atoms with E-state index in [-0.39, 0.29) is 0 Å². The van der Waals surface area contributed by atoms with E-state index in [1.165, 1.54) is 48.4 Å². The van der Waals surface area contributed by atoms with Crippen LogP contribution in [0, 0.1) is 5.92 Å². The van der Waals surface area contributed by atoms with Crippen molar-refractivity contribution >= 4 is 34.6 Å². The third-order valence-corrected chi connectivity index (χ3v) is 6.84. The summed E-state index contributed by atoms with van der Waals surface area (Å²) in [6.45, 7) is 5.30. The number of benzene rings is 2. The quantitative estimate of drug-likeness (QED) is 0.800. The van der Waals surface area contributed by atoms with E-state index in [0.29, 0.717) is 12.5 Å². The molecule has 0 aromatic heterocycles. The van der Waals surface area contributed by atoms with Crippen molar-refractivity contribution in [2.45, 2.75) is 25.3 Å². The smallest absolute Gasteiger partial charge is 0.0470 e. The maximum Gasteiger partial charge on any atom is 0.0470 e. The van der Waals surface area contributed by atoms with E-state index in [2.05, 4.69) is 27.7 Å². The summed E-state index contributed by atoms with van der Waals surface area (Å²) >= 11 is 12.7. The van der Waals surface area contributed by atoms with Gasteiger partial charge in [0.2, 0.25) is 0 Å². The third-order valence-electron chi connectivity index (χ3n) is 6.13. The van der Waals surface area contributed by atoms with Gasteiger partial charge in [-0.1, -0.05) is 29.3 Å². The first-order chi connectivity index (χ1) is 12.7. The van der Waals surface area contributed by atoms with Gasteiger partial charge in [-0.3, -0.25) is 0 Å². The number of halogens is 2. The standard InChI is InChI=1S/C21H23Cl2N3/c22-19-4-1-5-20(23)18(19)11-25-15-7-13-3-2-6-26-12-14-9-24-10-17(14)16(8-15)21(13)26/h1,4-5,7-8,14,17,24-25H,2-3,6,9-12H2/t14-,17-/m0/s1. The molecule has 0 spiro atoms. The normalized spacial score (nSPS) is 23.5. The van der Waals surface area contributed by atoms with Gasteiger partial charge in [0, 0.05) is 65.6 Å². The summed E-state index contributed by atoms with van der Waals surface area (Å²) in [7, 11) is 0. The van der Waals surface area contributed by atoms with Gasteiger partial charge in [0.25, 0.3) is 0 Å². The van der Waals surface area contributed by atoms with Crippen LogP contribution in [0.3, 0.4) is 0 Å². The number of anilines is 2. The van der Waals surface area contributed by atoms with E-state index < -0.39 is 0 Å². The summed E-state index contributed by atoms with van der Waals surface area (Å²) in [4.78, 5) is 2.62. The molecule has 0 saturated carbocycles. The molecule has 3 aliphatic rings. The van der Waals surface area contributed by atoms with E-state index in [4.69, 9.17) is 23.2 Å². The molecular formula is C21H23Cl2N3. The van der Waals surface area contributed by atoms with Gasteiger partial charge < -0.3 is 15.5 Å². The molecule has 5 rings (SSSR count). The highest BCUT2D eigenvalue weighted by Gasteiger charge is 2.38. The Morgan fingerprint density at radius 2 is 2.00 bits per heavy atom. The fourth-order valence-corrected chi connectivity index (χ4v) is 5.43. The van der Waals surface area contributed by atoms with Crippen LogP contribution in [-0.2, 0) is 13.0 Å². The van der Waals surface area contributed by atoms with Crippen molar-refractivity contribution in [3.63, 3.8) is 0 Å². The van der Waals surface area contributed by atoms with Gasteiger partial charge in [-0.2, -0.15) is 0 Å². The molecule has 26 heavy (non-hydrogen) atoms. The molecule has 0 radical (unpaired) electrons. The third kappa shape index (κ3) is 2.77. The summed E-state index contributed by atoms with van der Waals surface area (Å²) in [6.07, 6.45) is 2.42. The van der Waals surface area contributed by atoms with Crippen LogP contribution < -0.4 is 15.5 Å². The molecule has 3 heterocycles. The average molecular weight is 388 g/mol. The predicted octanol–water partition coefficient (Wildman–Crippen LogP) is 4.67. The zero-order chi connectivity index (χ0) is 17.7. The van der Waals surface area contributed by atoms with Crippen LogP contribution in [0.5, 0.6) is 0 Å². The summed E-state index contributed by atoms with van der Waals surface area (Å²) in [5, 5.41) is 8.61. The van der Waals surface area contributed by atoms with Crippen molar-refractivity contribution in [3.05, 3.63) is 57.1 Å². The molecule has 0 unspecified atom stereocenters. The van der Waals surface area contributed by atoms with Crippen LogP contribution in [0.2, 0.25) is 10.0 Å². The molecule has 136 valence electrons. The Balaban J connectivity index is 1.48. The van der Waals surface area contributed by atoms with E-state index in [1.54, 1.807) is 0 Å². The van der Waals surface area contributed by atoms with Crippen LogP contribution in [-0.4, -0.2) is 26.2 Å². The van der Waals surface area contributed by atoms with E-state index in [9.17, 15) is 0 Å². The predicted molar refractivity (Wildman–Crippen MR) is 110 cm³/mol. The van der Waals surface area contributed by atoms with Crippen molar-refractivity contribution in [2.75, 3.05) is 36.4 Å². The fourth-order valence-electron chi connectivity index (χ4n) is 4.90. The molecule has 1 fully saturated rings. The van der Waals surface area contributed by atoms with Gasteiger partial charge in [-0.05, 0) is 54.2 Å². The minimum absolute atomic E-state index is 0.642. The topological polar surface area (TPSA) is 27.3 Å². The van der Waals surface area contributed by atoms with Crippen LogP contribution in [0.4, 0.5) is 11.4 Å². The molecular weight excluding hydrogens is 365 g/mol. The highest BCUT2D eigenvalue weighted by atomic mass is 35.5. The van der Waals surface area contributed by atoms with Crippen molar-refractivity contribution in [1.29, 1.82) is 0 Å². The lowest BCUT2D eigenvalue weighted by molar-refractivity contribution is 0.470. The summed E-state index contributed by atoms with van der Waals surface area (Å²) in [6, 6.07) is 10.4. The van der Waals surface area contributed by atoms with Gasteiger partial charge >= 0.3 is 0 Å². The monoisotopic (exact) mass is 387 g/mol. The zero-order valence-electron chi connectivity index (χ0n) is 14.7. The molecule has 0 amide bonds. The molecule has 3 nitrogen and oxygen atoms in total. The van der Waals surface area contributed by atoms with Gasteiger partial charge in [-0.15, -0.1) is 0 Å². The largest absolute Gasteiger partial charge is 0.381 e. The molecule has 0 bridgehead atoms. The van der Waals surface area contributed by atoms with Gasteiger partial charge in [0.15, 0.2) is 0 Å². The maximum atomic E-state index is 6.33. The van der Waals surface area contributed by atoms with E-state index in [1.807, 2.05) is 18.2 Å². The first-order valence-electron chi connectivity index (χ1n) is 9.50. The van der Waals surface area contributed by atoms with E-state index >= 15 is 0 Å². The van der Waals surface area contributed by atoms with Crippen molar-refractivity contribution in [3.8, 4) is 0 Å². The second-order valence-electron chi connectivity index (χ2n) is 7.70. The Morgan fingerprint density at radius 1 is 1.15 bits per heavy atom. The Kier molecular flexibility index (Phi) is 4.27. The summed E-state index contributed by atoms with van der Waals surface area (Å²) in [5.74, 6) is 1.38. The fraction of sp³-hybridized carbons (Fsp3) is 0.429. The first-order valence-corrected chi connectivity index (χ1v) is 10.3.